The fourth-order valence-electron chi connectivity index (χ4n) is 1.95. The molecule has 17 heavy (non-hydrogen) atoms. The third-order valence-corrected chi connectivity index (χ3v) is 2.89. The highest BCUT2D eigenvalue weighted by Gasteiger charge is 2.16. The summed E-state index contributed by atoms with van der Waals surface area (Å²) in [7, 11) is 0. The molecular weight excluding hydrogens is 218 g/mol. The van der Waals surface area contributed by atoms with Gasteiger partial charge in [-0.25, -0.2) is 0 Å². The lowest BCUT2D eigenvalue weighted by molar-refractivity contribution is -0.134. The number of piperidine rings is 1. The fourth-order valence-corrected chi connectivity index (χ4v) is 1.95. The van der Waals surface area contributed by atoms with Crippen LogP contribution in [-0.2, 0) is 4.79 Å². The van der Waals surface area contributed by atoms with Crippen LogP contribution in [0, 0.1) is 0 Å². The summed E-state index contributed by atoms with van der Waals surface area (Å²) in [4.78, 5) is 13.6. The van der Waals surface area contributed by atoms with Gasteiger partial charge in [0.05, 0.1) is 0 Å². The van der Waals surface area contributed by atoms with Crippen molar-refractivity contribution < 1.29 is 14.6 Å². The maximum absolute atomic E-state index is 11.8. The monoisotopic (exact) mass is 235 g/mol. The molecule has 1 amide bonds. The Morgan fingerprint density at radius 2 is 2.06 bits per heavy atom. The van der Waals surface area contributed by atoms with E-state index in [-0.39, 0.29) is 18.3 Å². The van der Waals surface area contributed by atoms with Gasteiger partial charge in [-0.05, 0) is 31.4 Å². The zero-order valence-corrected chi connectivity index (χ0v) is 9.76. The van der Waals surface area contributed by atoms with Crippen molar-refractivity contribution in [2.24, 2.45) is 0 Å². The number of hydrogen-bond acceptors (Lipinski definition) is 3. The molecule has 1 aliphatic rings. The second-order valence-electron chi connectivity index (χ2n) is 4.23. The molecule has 1 aromatic rings. The van der Waals surface area contributed by atoms with Gasteiger partial charge in [-0.2, -0.15) is 0 Å². The summed E-state index contributed by atoms with van der Waals surface area (Å²) in [6.45, 7) is 1.72. The Morgan fingerprint density at radius 3 is 2.76 bits per heavy atom. The van der Waals surface area contributed by atoms with Crippen LogP contribution in [0.4, 0.5) is 0 Å². The van der Waals surface area contributed by atoms with Gasteiger partial charge in [-0.15, -0.1) is 0 Å². The highest BCUT2D eigenvalue weighted by molar-refractivity contribution is 5.77. The van der Waals surface area contributed by atoms with E-state index in [0.29, 0.717) is 5.75 Å². The van der Waals surface area contributed by atoms with Crippen LogP contribution in [0.3, 0.4) is 0 Å². The van der Waals surface area contributed by atoms with Gasteiger partial charge in [0.15, 0.2) is 6.61 Å². The molecule has 0 atom stereocenters. The van der Waals surface area contributed by atoms with Crippen molar-refractivity contribution in [1.82, 2.24) is 4.90 Å². The molecule has 0 radical (unpaired) electrons. The molecule has 0 unspecified atom stereocenters. The van der Waals surface area contributed by atoms with Crippen LogP contribution in [0.15, 0.2) is 24.3 Å². The third-order valence-electron chi connectivity index (χ3n) is 2.89. The molecule has 1 saturated heterocycles. The Morgan fingerprint density at radius 1 is 1.29 bits per heavy atom. The van der Waals surface area contributed by atoms with Crippen LogP contribution in [0.25, 0.3) is 0 Å². The first-order valence-electron chi connectivity index (χ1n) is 5.95. The second kappa shape index (κ2) is 5.57. The van der Waals surface area contributed by atoms with E-state index in [4.69, 9.17) is 4.74 Å². The fraction of sp³-hybridized carbons (Fsp3) is 0.462. The molecule has 0 spiro atoms. The van der Waals surface area contributed by atoms with Crippen molar-refractivity contribution in [2.45, 2.75) is 19.3 Å². The van der Waals surface area contributed by atoms with Crippen molar-refractivity contribution in [2.75, 3.05) is 19.7 Å². The largest absolute Gasteiger partial charge is 0.508 e. The SMILES string of the molecule is O=C(COc1cccc(O)c1)N1CCCCC1. The topological polar surface area (TPSA) is 49.8 Å². The van der Waals surface area contributed by atoms with Crippen molar-refractivity contribution in [3.8, 4) is 11.5 Å². The number of amides is 1. The lowest BCUT2D eigenvalue weighted by Crippen LogP contribution is -2.38. The predicted molar refractivity (Wildman–Crippen MR) is 64.0 cm³/mol. The number of rotatable bonds is 3. The number of likely N-dealkylation sites (tertiary alicyclic amines) is 1. The van der Waals surface area contributed by atoms with Gasteiger partial charge >= 0.3 is 0 Å². The number of carbonyl (C=O) groups excluding carboxylic acids is 1. The van der Waals surface area contributed by atoms with Gasteiger partial charge in [-0.1, -0.05) is 6.07 Å². The number of nitrogens with zero attached hydrogens (tertiary/aromatic N) is 1. The summed E-state index contributed by atoms with van der Waals surface area (Å²) in [6, 6.07) is 6.49. The molecule has 4 nitrogen and oxygen atoms in total. The minimum absolute atomic E-state index is 0.0213. The first kappa shape index (κ1) is 11.8. The first-order valence-corrected chi connectivity index (χ1v) is 5.95. The molecule has 1 heterocycles. The van der Waals surface area contributed by atoms with E-state index in [1.165, 1.54) is 12.5 Å². The van der Waals surface area contributed by atoms with E-state index in [1.807, 2.05) is 4.90 Å². The Hall–Kier alpha value is -1.71. The molecule has 1 aliphatic heterocycles. The van der Waals surface area contributed by atoms with Crippen molar-refractivity contribution >= 4 is 5.91 Å². The lowest BCUT2D eigenvalue weighted by atomic mass is 10.1. The Labute approximate surface area is 101 Å². The van der Waals surface area contributed by atoms with E-state index in [1.54, 1.807) is 18.2 Å². The molecule has 0 bridgehead atoms. The van der Waals surface area contributed by atoms with Crippen LogP contribution >= 0.6 is 0 Å². The van der Waals surface area contributed by atoms with Gasteiger partial charge in [0.1, 0.15) is 11.5 Å². The summed E-state index contributed by atoms with van der Waals surface area (Å²) < 4.78 is 5.35. The van der Waals surface area contributed by atoms with Crippen molar-refractivity contribution in [1.29, 1.82) is 0 Å². The predicted octanol–water partition coefficient (Wildman–Crippen LogP) is 1.78. The van der Waals surface area contributed by atoms with E-state index in [0.717, 1.165) is 25.9 Å². The number of aromatic hydroxyl groups is 1. The average molecular weight is 235 g/mol. The molecule has 0 aromatic heterocycles. The van der Waals surface area contributed by atoms with Gasteiger partial charge in [0.25, 0.3) is 5.91 Å². The highest BCUT2D eigenvalue weighted by Crippen LogP contribution is 2.18. The molecular formula is C13H17NO3. The summed E-state index contributed by atoms with van der Waals surface area (Å²) in [6.07, 6.45) is 3.37. The number of carbonyl (C=O) groups is 1. The molecule has 4 heteroatoms. The van der Waals surface area contributed by atoms with Crippen LogP contribution in [-0.4, -0.2) is 35.6 Å². The van der Waals surface area contributed by atoms with Crippen LogP contribution in [0.2, 0.25) is 0 Å². The summed E-state index contributed by atoms with van der Waals surface area (Å²) in [5, 5.41) is 9.25. The van der Waals surface area contributed by atoms with Gasteiger partial charge in [0, 0.05) is 19.2 Å². The smallest absolute Gasteiger partial charge is 0.260 e. The zero-order valence-electron chi connectivity index (χ0n) is 9.76. The Balaban J connectivity index is 1.83. The van der Waals surface area contributed by atoms with Gasteiger partial charge in [-0.3, -0.25) is 4.79 Å². The second-order valence-corrected chi connectivity index (χ2v) is 4.23. The molecule has 0 saturated carbocycles. The molecule has 2 rings (SSSR count). The molecule has 92 valence electrons. The van der Waals surface area contributed by atoms with Crippen LogP contribution in [0.5, 0.6) is 11.5 Å². The van der Waals surface area contributed by atoms with E-state index in [9.17, 15) is 9.90 Å². The van der Waals surface area contributed by atoms with E-state index in [2.05, 4.69) is 0 Å². The number of hydrogen-bond donors (Lipinski definition) is 1. The summed E-state index contributed by atoms with van der Waals surface area (Å²) >= 11 is 0. The first-order chi connectivity index (χ1) is 8.25. The third kappa shape index (κ3) is 3.37. The minimum atomic E-state index is 0.0213. The number of phenols is 1. The van der Waals surface area contributed by atoms with Crippen molar-refractivity contribution in [3.05, 3.63) is 24.3 Å². The Bertz CT molecular complexity index is 386. The quantitative estimate of drug-likeness (QED) is 0.868. The normalized spacial score (nSPS) is 15.6. The van der Waals surface area contributed by atoms with E-state index < -0.39 is 0 Å². The van der Waals surface area contributed by atoms with Gasteiger partial charge < -0.3 is 14.7 Å². The van der Waals surface area contributed by atoms with Crippen LogP contribution in [0.1, 0.15) is 19.3 Å². The molecule has 1 aromatic carbocycles. The Kier molecular flexibility index (Phi) is 3.85. The van der Waals surface area contributed by atoms with Crippen LogP contribution < -0.4 is 4.74 Å². The minimum Gasteiger partial charge on any atom is -0.508 e. The standard InChI is InChI=1S/C13H17NO3/c15-11-5-4-6-12(9-11)17-10-13(16)14-7-2-1-3-8-14/h4-6,9,15H,1-3,7-8,10H2. The molecule has 1 fully saturated rings. The highest BCUT2D eigenvalue weighted by atomic mass is 16.5. The number of ether oxygens (including phenoxy) is 1. The van der Waals surface area contributed by atoms with E-state index >= 15 is 0 Å². The summed E-state index contributed by atoms with van der Waals surface area (Å²) in [5.74, 6) is 0.691. The molecule has 0 aliphatic carbocycles. The maximum atomic E-state index is 11.8. The van der Waals surface area contributed by atoms with Crippen molar-refractivity contribution in [3.63, 3.8) is 0 Å². The summed E-state index contributed by atoms with van der Waals surface area (Å²) in [5.41, 5.74) is 0. The molecule has 1 N–H and O–H groups in total. The van der Waals surface area contributed by atoms with Gasteiger partial charge in [0.2, 0.25) is 0 Å². The lowest BCUT2D eigenvalue weighted by Gasteiger charge is -2.26. The maximum Gasteiger partial charge on any atom is 0.260 e. The zero-order chi connectivity index (χ0) is 12.1. The average Bonchev–Trinajstić information content (AvgIpc) is 2.37. The number of phenolic OH excluding ortho intramolecular Hbond substituents is 1. The number of benzene rings is 1.